The third-order valence-corrected chi connectivity index (χ3v) is 7.25. The number of anilines is 1. The molecule has 1 aromatic rings. The van der Waals surface area contributed by atoms with Gasteiger partial charge in [0.1, 0.15) is 10.8 Å². The van der Waals surface area contributed by atoms with Crippen LogP contribution in [0.5, 0.6) is 5.75 Å². The smallest absolute Gasteiger partial charge is 0.317 e. The summed E-state index contributed by atoms with van der Waals surface area (Å²) in [6, 6.07) is 4.24. The lowest BCUT2D eigenvalue weighted by molar-refractivity contribution is 0.194. The van der Waals surface area contributed by atoms with E-state index in [2.05, 4.69) is 15.1 Å². The molecule has 0 spiro atoms. The summed E-state index contributed by atoms with van der Waals surface area (Å²) in [5.74, 6) is 1.38. The molecule has 1 saturated heterocycles. The molecule has 30 heavy (non-hydrogen) atoms. The molecule has 1 heterocycles. The fraction of sp³-hybridized carbons (Fsp3) is 0.682. The zero-order valence-electron chi connectivity index (χ0n) is 18.3. The van der Waals surface area contributed by atoms with Crippen LogP contribution in [0.3, 0.4) is 0 Å². The summed E-state index contributed by atoms with van der Waals surface area (Å²) >= 11 is 12.8. The number of methoxy groups -OCH3 is 1. The summed E-state index contributed by atoms with van der Waals surface area (Å²) in [4.78, 5) is 18.3. The third kappa shape index (κ3) is 5.86. The summed E-state index contributed by atoms with van der Waals surface area (Å²) < 4.78 is 5.24. The first-order valence-corrected chi connectivity index (χ1v) is 11.6. The molecule has 8 heteroatoms. The number of urea groups is 1. The molecule has 2 amide bonds. The quantitative estimate of drug-likeness (QED) is 0.691. The highest BCUT2D eigenvalue weighted by molar-refractivity contribution is 6.44. The van der Waals surface area contributed by atoms with Gasteiger partial charge in [0.2, 0.25) is 0 Å². The number of nitrogens with one attached hydrogen (secondary N) is 1. The highest BCUT2D eigenvalue weighted by Crippen LogP contribution is 2.39. The minimum atomic E-state index is 0.0228. The van der Waals surface area contributed by atoms with E-state index in [4.69, 9.17) is 27.9 Å². The van der Waals surface area contributed by atoms with Crippen LogP contribution in [-0.2, 0) is 0 Å². The van der Waals surface area contributed by atoms with Gasteiger partial charge in [-0.05, 0) is 56.7 Å². The van der Waals surface area contributed by atoms with Crippen molar-refractivity contribution in [2.45, 2.75) is 38.1 Å². The summed E-state index contributed by atoms with van der Waals surface area (Å²) in [7, 11) is 5.18. The highest BCUT2D eigenvalue weighted by atomic mass is 35.5. The average Bonchev–Trinajstić information content (AvgIpc) is 2.75. The van der Waals surface area contributed by atoms with Crippen LogP contribution >= 0.6 is 23.2 Å². The largest absolute Gasteiger partial charge is 0.495 e. The van der Waals surface area contributed by atoms with Crippen molar-refractivity contribution in [1.82, 2.24) is 15.1 Å². The molecule has 0 aromatic heterocycles. The van der Waals surface area contributed by atoms with Crippen LogP contribution < -0.4 is 15.0 Å². The topological polar surface area (TPSA) is 48.1 Å². The molecule has 1 aliphatic heterocycles. The maximum atomic E-state index is 11.8. The Hall–Kier alpha value is -1.37. The Bertz CT molecular complexity index is 715. The van der Waals surface area contributed by atoms with Gasteiger partial charge >= 0.3 is 6.03 Å². The van der Waals surface area contributed by atoms with Gasteiger partial charge in [-0.1, -0.05) is 23.2 Å². The fourth-order valence-corrected chi connectivity index (χ4v) is 4.91. The molecule has 0 radical (unpaired) electrons. The first-order chi connectivity index (χ1) is 14.4. The van der Waals surface area contributed by atoms with Gasteiger partial charge in [-0.25, -0.2) is 4.79 Å². The molecule has 2 aliphatic rings. The van der Waals surface area contributed by atoms with Gasteiger partial charge in [-0.3, -0.25) is 4.90 Å². The predicted molar refractivity (Wildman–Crippen MR) is 124 cm³/mol. The second kappa shape index (κ2) is 10.8. The van der Waals surface area contributed by atoms with E-state index in [1.165, 1.54) is 19.3 Å². The molecule has 1 aliphatic carbocycles. The first-order valence-electron chi connectivity index (χ1n) is 10.9. The molecule has 1 N–H and O–H groups in total. The molecule has 168 valence electrons. The van der Waals surface area contributed by atoms with E-state index in [-0.39, 0.29) is 6.03 Å². The summed E-state index contributed by atoms with van der Waals surface area (Å²) in [5, 5.41) is 4.18. The number of amides is 2. The molecule has 3 rings (SSSR count). The van der Waals surface area contributed by atoms with Crippen molar-refractivity contribution in [2.24, 2.45) is 5.92 Å². The normalized spacial score (nSPS) is 22.6. The molecule has 0 atom stereocenters. The summed E-state index contributed by atoms with van der Waals surface area (Å²) in [5.41, 5.74) is 0.986. The molecule has 2 fully saturated rings. The number of ether oxygens (including phenoxy) is 1. The lowest BCUT2D eigenvalue weighted by Crippen LogP contribution is -2.47. The van der Waals surface area contributed by atoms with Gasteiger partial charge < -0.3 is 19.9 Å². The maximum Gasteiger partial charge on any atom is 0.317 e. The van der Waals surface area contributed by atoms with E-state index in [9.17, 15) is 4.79 Å². The SMILES string of the molecule is COc1ccc(N2CCN(CCC3CCC(NC(=O)N(C)C)CC3)CC2)c(Cl)c1Cl. The first kappa shape index (κ1) is 23.3. The molecule has 0 unspecified atom stereocenters. The Labute approximate surface area is 190 Å². The van der Waals surface area contributed by atoms with Crippen LogP contribution in [0.25, 0.3) is 0 Å². The number of carbonyl (C=O) groups is 1. The van der Waals surface area contributed by atoms with E-state index in [0.29, 0.717) is 21.8 Å². The van der Waals surface area contributed by atoms with Gasteiger partial charge in [0.25, 0.3) is 0 Å². The zero-order chi connectivity index (χ0) is 21.7. The van der Waals surface area contributed by atoms with Crippen LogP contribution in [0.4, 0.5) is 10.5 Å². The van der Waals surface area contributed by atoms with Gasteiger partial charge in [-0.2, -0.15) is 0 Å². The number of rotatable bonds is 6. The lowest BCUT2D eigenvalue weighted by Gasteiger charge is -2.37. The maximum absolute atomic E-state index is 11.8. The molecule has 0 bridgehead atoms. The number of benzene rings is 1. The van der Waals surface area contributed by atoms with Gasteiger partial charge in [0.15, 0.2) is 0 Å². The average molecular weight is 457 g/mol. The van der Waals surface area contributed by atoms with Crippen LogP contribution in [0.1, 0.15) is 32.1 Å². The van der Waals surface area contributed by atoms with E-state index in [1.54, 1.807) is 26.1 Å². The lowest BCUT2D eigenvalue weighted by atomic mass is 9.84. The Balaban J connectivity index is 1.39. The van der Waals surface area contributed by atoms with Crippen molar-refractivity contribution < 1.29 is 9.53 Å². The van der Waals surface area contributed by atoms with E-state index >= 15 is 0 Å². The number of halogens is 2. The van der Waals surface area contributed by atoms with Gasteiger partial charge in [0, 0.05) is 46.3 Å². The fourth-order valence-electron chi connectivity index (χ4n) is 4.40. The number of carbonyl (C=O) groups excluding carboxylic acids is 1. The Kier molecular flexibility index (Phi) is 8.37. The van der Waals surface area contributed by atoms with Crippen molar-refractivity contribution in [3.05, 3.63) is 22.2 Å². The van der Waals surface area contributed by atoms with E-state index < -0.39 is 0 Å². The Morgan fingerprint density at radius 1 is 1.10 bits per heavy atom. The van der Waals surface area contributed by atoms with E-state index in [0.717, 1.165) is 57.2 Å². The Morgan fingerprint density at radius 3 is 2.37 bits per heavy atom. The Morgan fingerprint density at radius 2 is 1.77 bits per heavy atom. The monoisotopic (exact) mass is 456 g/mol. The van der Waals surface area contributed by atoms with Crippen molar-refractivity contribution in [3.8, 4) is 5.75 Å². The van der Waals surface area contributed by atoms with Crippen LogP contribution in [-0.4, -0.2) is 75.8 Å². The van der Waals surface area contributed by atoms with Crippen molar-refractivity contribution >= 4 is 34.9 Å². The number of hydrogen-bond donors (Lipinski definition) is 1. The second-order valence-corrected chi connectivity index (χ2v) is 9.35. The minimum absolute atomic E-state index is 0.0228. The molecule has 1 aromatic carbocycles. The highest BCUT2D eigenvalue weighted by Gasteiger charge is 2.25. The predicted octanol–water partition coefficient (Wildman–Crippen LogP) is 4.34. The van der Waals surface area contributed by atoms with Gasteiger partial charge in [0.05, 0.1) is 17.8 Å². The van der Waals surface area contributed by atoms with Crippen molar-refractivity contribution in [3.63, 3.8) is 0 Å². The van der Waals surface area contributed by atoms with Crippen molar-refractivity contribution in [1.29, 1.82) is 0 Å². The van der Waals surface area contributed by atoms with Crippen LogP contribution in [0.2, 0.25) is 10.0 Å². The summed E-state index contributed by atoms with van der Waals surface area (Å²) in [6.45, 7) is 5.12. The summed E-state index contributed by atoms with van der Waals surface area (Å²) in [6.07, 6.45) is 5.84. The zero-order valence-corrected chi connectivity index (χ0v) is 19.8. The van der Waals surface area contributed by atoms with Gasteiger partial charge in [-0.15, -0.1) is 0 Å². The second-order valence-electron chi connectivity index (χ2n) is 8.59. The molecular formula is C22H34Cl2N4O2. The van der Waals surface area contributed by atoms with E-state index in [1.807, 2.05) is 12.1 Å². The van der Waals surface area contributed by atoms with Crippen LogP contribution in [0.15, 0.2) is 12.1 Å². The molecule has 1 saturated carbocycles. The van der Waals surface area contributed by atoms with Crippen molar-refractivity contribution in [2.75, 3.05) is 58.8 Å². The molecule has 6 nitrogen and oxygen atoms in total. The third-order valence-electron chi connectivity index (χ3n) is 6.39. The standard InChI is InChI=1S/C22H34Cl2N4O2/c1-26(2)22(29)25-17-6-4-16(5-7-17)10-11-27-12-14-28(15-13-27)18-8-9-19(30-3)21(24)20(18)23/h8-9,16-17H,4-7,10-15H2,1-3H3,(H,25,29). The number of hydrogen-bond acceptors (Lipinski definition) is 4. The van der Waals surface area contributed by atoms with Crippen LogP contribution in [0, 0.1) is 5.92 Å². The minimum Gasteiger partial charge on any atom is -0.495 e. The number of nitrogens with zero attached hydrogens (tertiary/aromatic N) is 3. The number of piperazine rings is 1. The molecular weight excluding hydrogens is 423 g/mol.